The number of unbranched alkanes of at least 4 members (excludes halogenated alkanes) is 1. The highest BCUT2D eigenvalue weighted by molar-refractivity contribution is 9.09. The van der Waals surface area contributed by atoms with Gasteiger partial charge in [-0.05, 0) is 37.5 Å². The number of benzene rings is 1. The number of alkyl halides is 1. The van der Waals surface area contributed by atoms with E-state index in [0.29, 0.717) is 6.42 Å². The van der Waals surface area contributed by atoms with Crippen LogP contribution >= 0.6 is 15.9 Å². The molecule has 0 radical (unpaired) electrons. The van der Waals surface area contributed by atoms with Crippen LogP contribution in [0.3, 0.4) is 0 Å². The average Bonchev–Trinajstić information content (AvgIpc) is 2.86. The number of fused-ring (bicyclic) bond motifs is 1. The molecular formula is C14H18BrNO3. The van der Waals surface area contributed by atoms with Crippen molar-refractivity contribution in [3.05, 3.63) is 23.8 Å². The molecule has 2 rings (SSSR count). The number of nitrogens with one attached hydrogen (secondary N) is 1. The number of hydrogen-bond donors (Lipinski definition) is 1. The van der Waals surface area contributed by atoms with Gasteiger partial charge in [-0.2, -0.15) is 0 Å². The molecule has 5 heteroatoms. The van der Waals surface area contributed by atoms with Crippen LogP contribution in [0.1, 0.15) is 37.8 Å². The fraction of sp³-hybridized carbons (Fsp3) is 0.500. The van der Waals surface area contributed by atoms with E-state index < -0.39 is 0 Å². The molecule has 1 atom stereocenters. The maximum Gasteiger partial charge on any atom is 0.231 e. The third-order valence-electron chi connectivity index (χ3n) is 3.06. The third-order valence-corrected chi connectivity index (χ3v) is 3.62. The van der Waals surface area contributed by atoms with Crippen molar-refractivity contribution in [1.82, 2.24) is 5.32 Å². The zero-order valence-electron chi connectivity index (χ0n) is 10.9. The highest BCUT2D eigenvalue weighted by atomic mass is 79.9. The van der Waals surface area contributed by atoms with Crippen LogP contribution in [0.2, 0.25) is 0 Å². The first-order chi connectivity index (χ1) is 9.20. The summed E-state index contributed by atoms with van der Waals surface area (Å²) in [6.45, 7) is 2.24. The zero-order valence-corrected chi connectivity index (χ0v) is 12.5. The Morgan fingerprint density at radius 2 is 2.16 bits per heavy atom. The van der Waals surface area contributed by atoms with Crippen LogP contribution in [0.15, 0.2) is 18.2 Å². The van der Waals surface area contributed by atoms with E-state index in [-0.39, 0.29) is 18.7 Å². The summed E-state index contributed by atoms with van der Waals surface area (Å²) in [5, 5.41) is 3.94. The van der Waals surface area contributed by atoms with Gasteiger partial charge in [0.05, 0.1) is 6.04 Å². The van der Waals surface area contributed by atoms with Crippen LogP contribution in [-0.2, 0) is 4.79 Å². The molecule has 1 aromatic rings. The van der Waals surface area contributed by atoms with Crippen molar-refractivity contribution in [2.24, 2.45) is 0 Å². The first kappa shape index (κ1) is 14.2. The smallest absolute Gasteiger partial charge is 0.231 e. The average molecular weight is 328 g/mol. The Bertz CT molecular complexity index is 450. The van der Waals surface area contributed by atoms with Gasteiger partial charge in [-0.25, -0.2) is 0 Å². The maximum absolute atomic E-state index is 11.8. The lowest BCUT2D eigenvalue weighted by atomic mass is 10.1. The van der Waals surface area contributed by atoms with Crippen molar-refractivity contribution in [3.8, 4) is 11.5 Å². The fourth-order valence-corrected chi connectivity index (χ4v) is 2.36. The number of hydrogen-bond acceptors (Lipinski definition) is 3. The number of halogens is 1. The van der Waals surface area contributed by atoms with Crippen molar-refractivity contribution in [2.45, 2.75) is 32.2 Å². The van der Waals surface area contributed by atoms with Crippen molar-refractivity contribution >= 4 is 21.8 Å². The number of carbonyl (C=O) groups is 1. The van der Waals surface area contributed by atoms with Gasteiger partial charge in [0.1, 0.15) is 0 Å². The summed E-state index contributed by atoms with van der Waals surface area (Å²) in [6.07, 6.45) is 2.50. The molecule has 1 unspecified atom stereocenters. The highest BCUT2D eigenvalue weighted by Gasteiger charge is 2.16. The summed E-state index contributed by atoms with van der Waals surface area (Å²) in [5.41, 5.74) is 1.03. The van der Waals surface area contributed by atoms with Gasteiger partial charge in [0.2, 0.25) is 12.7 Å². The van der Waals surface area contributed by atoms with E-state index in [4.69, 9.17) is 9.47 Å². The van der Waals surface area contributed by atoms with Gasteiger partial charge < -0.3 is 14.8 Å². The van der Waals surface area contributed by atoms with Gasteiger partial charge in [0.15, 0.2) is 11.5 Å². The lowest BCUT2D eigenvalue weighted by molar-refractivity contribution is -0.121. The number of ether oxygens (including phenoxy) is 2. The SMILES string of the molecule is CC(NC(=O)CCCCBr)c1ccc2c(c1)OCO2. The van der Waals surface area contributed by atoms with Crippen molar-refractivity contribution in [2.75, 3.05) is 12.1 Å². The predicted octanol–water partition coefficient (Wildman–Crippen LogP) is 3.16. The molecule has 0 aromatic heterocycles. The summed E-state index contributed by atoms with van der Waals surface area (Å²) in [4.78, 5) is 11.8. The third kappa shape index (κ3) is 3.86. The van der Waals surface area contributed by atoms with E-state index in [0.717, 1.165) is 35.2 Å². The molecule has 1 aliphatic rings. The van der Waals surface area contributed by atoms with Crippen LogP contribution in [0.25, 0.3) is 0 Å². The molecule has 0 bridgehead atoms. The van der Waals surface area contributed by atoms with Gasteiger partial charge in [0.25, 0.3) is 0 Å². The Balaban J connectivity index is 1.89. The Morgan fingerprint density at radius 3 is 2.95 bits per heavy atom. The van der Waals surface area contributed by atoms with E-state index in [1.165, 1.54) is 0 Å². The van der Waals surface area contributed by atoms with Crippen LogP contribution < -0.4 is 14.8 Å². The molecule has 0 fully saturated rings. The summed E-state index contributed by atoms with van der Waals surface area (Å²) in [7, 11) is 0. The Kier molecular flexibility index (Phi) is 5.07. The van der Waals surface area contributed by atoms with Crippen molar-refractivity contribution in [1.29, 1.82) is 0 Å². The highest BCUT2D eigenvalue weighted by Crippen LogP contribution is 2.34. The number of carbonyl (C=O) groups excluding carboxylic acids is 1. The van der Waals surface area contributed by atoms with E-state index >= 15 is 0 Å². The minimum atomic E-state index is -0.0222. The second-order valence-electron chi connectivity index (χ2n) is 4.55. The summed E-state index contributed by atoms with van der Waals surface area (Å²) < 4.78 is 10.6. The maximum atomic E-state index is 11.8. The Labute approximate surface area is 121 Å². The molecule has 1 heterocycles. The molecule has 0 spiro atoms. The zero-order chi connectivity index (χ0) is 13.7. The first-order valence-corrected chi connectivity index (χ1v) is 7.57. The van der Waals surface area contributed by atoms with Crippen LogP contribution in [0.5, 0.6) is 11.5 Å². The molecule has 0 aliphatic carbocycles. The van der Waals surface area contributed by atoms with E-state index in [1.807, 2.05) is 25.1 Å². The van der Waals surface area contributed by atoms with Gasteiger partial charge in [-0.3, -0.25) is 4.79 Å². The van der Waals surface area contributed by atoms with Crippen molar-refractivity contribution in [3.63, 3.8) is 0 Å². The van der Waals surface area contributed by atoms with Gasteiger partial charge >= 0.3 is 0 Å². The topological polar surface area (TPSA) is 47.6 Å². The van der Waals surface area contributed by atoms with Gasteiger partial charge in [-0.1, -0.05) is 22.0 Å². The summed E-state index contributed by atoms with van der Waals surface area (Å²) >= 11 is 3.36. The predicted molar refractivity (Wildman–Crippen MR) is 76.8 cm³/mol. The molecule has 1 aliphatic heterocycles. The fourth-order valence-electron chi connectivity index (χ4n) is 1.96. The molecule has 1 aromatic carbocycles. The van der Waals surface area contributed by atoms with Crippen LogP contribution in [0, 0.1) is 0 Å². The molecule has 1 amide bonds. The molecular weight excluding hydrogens is 310 g/mol. The normalized spacial score (nSPS) is 14.2. The number of amides is 1. The van der Waals surface area contributed by atoms with Crippen LogP contribution in [-0.4, -0.2) is 18.0 Å². The Hall–Kier alpha value is -1.23. The van der Waals surface area contributed by atoms with E-state index in [1.54, 1.807) is 0 Å². The molecule has 0 saturated heterocycles. The largest absolute Gasteiger partial charge is 0.454 e. The summed E-state index contributed by atoms with van der Waals surface area (Å²) in [5.74, 6) is 1.60. The molecule has 104 valence electrons. The number of rotatable bonds is 6. The van der Waals surface area contributed by atoms with Crippen LogP contribution in [0.4, 0.5) is 0 Å². The van der Waals surface area contributed by atoms with E-state index in [9.17, 15) is 4.79 Å². The second kappa shape index (κ2) is 6.80. The first-order valence-electron chi connectivity index (χ1n) is 6.45. The quantitative estimate of drug-likeness (QED) is 0.645. The molecule has 4 nitrogen and oxygen atoms in total. The minimum Gasteiger partial charge on any atom is -0.454 e. The molecule has 19 heavy (non-hydrogen) atoms. The minimum absolute atomic E-state index is 0.0222. The lowest BCUT2D eigenvalue weighted by Gasteiger charge is -2.14. The van der Waals surface area contributed by atoms with Gasteiger partial charge in [-0.15, -0.1) is 0 Å². The van der Waals surface area contributed by atoms with Gasteiger partial charge in [0, 0.05) is 11.8 Å². The summed E-state index contributed by atoms with van der Waals surface area (Å²) in [6, 6.07) is 5.74. The lowest BCUT2D eigenvalue weighted by Crippen LogP contribution is -2.26. The van der Waals surface area contributed by atoms with E-state index in [2.05, 4.69) is 21.2 Å². The second-order valence-corrected chi connectivity index (χ2v) is 5.34. The Morgan fingerprint density at radius 1 is 1.37 bits per heavy atom. The standard InChI is InChI=1S/C14H18BrNO3/c1-10(16-14(17)4-2-3-7-15)11-5-6-12-13(8-11)19-9-18-12/h5-6,8,10H,2-4,7,9H2,1H3,(H,16,17). The molecule has 1 N–H and O–H groups in total. The monoisotopic (exact) mass is 327 g/mol. The molecule has 0 saturated carbocycles. The van der Waals surface area contributed by atoms with Crippen molar-refractivity contribution < 1.29 is 14.3 Å².